The van der Waals surface area contributed by atoms with Crippen molar-refractivity contribution in [3.05, 3.63) is 12.2 Å². The fraction of sp³-hybridized carbons (Fsp3) is 0.792. The number of hydrogen-bond donors (Lipinski definition) is 1. The van der Waals surface area contributed by atoms with Crippen LogP contribution in [0.3, 0.4) is 0 Å². The molecule has 5 heteroatoms. The lowest BCUT2D eigenvalue weighted by Crippen LogP contribution is -2.10. The summed E-state index contributed by atoms with van der Waals surface area (Å²) >= 11 is 0. The predicted molar refractivity (Wildman–Crippen MR) is 117 cm³/mol. The van der Waals surface area contributed by atoms with Gasteiger partial charge in [0, 0.05) is 18.6 Å². The topological polar surface area (TPSA) is 80.7 Å². The summed E-state index contributed by atoms with van der Waals surface area (Å²) in [7, 11) is 0. The third-order valence-electron chi connectivity index (χ3n) is 5.06. The highest BCUT2D eigenvalue weighted by Gasteiger charge is 2.07. The van der Waals surface area contributed by atoms with E-state index in [1.165, 1.54) is 89.9 Å². The predicted octanol–water partition coefficient (Wildman–Crippen LogP) is 6.74. The van der Waals surface area contributed by atoms with E-state index >= 15 is 0 Å². The molecule has 0 saturated heterocycles. The number of carboxylic acid groups (broad SMARTS) is 1. The van der Waals surface area contributed by atoms with E-state index in [1.54, 1.807) is 0 Å². The number of unbranched alkanes of at least 4 members (excludes halogenated alkanes) is 16. The second-order valence-electron chi connectivity index (χ2n) is 7.87. The Morgan fingerprint density at radius 3 is 1.38 bits per heavy atom. The SMILES string of the molecule is CCCCCCCCCCCCCCCCCCCC(=O)OC(=O)C=CC(=O)O. The van der Waals surface area contributed by atoms with Crippen LogP contribution in [0, 0.1) is 0 Å². The molecule has 0 bridgehead atoms. The summed E-state index contributed by atoms with van der Waals surface area (Å²) in [6.45, 7) is 2.26. The highest BCUT2D eigenvalue weighted by Crippen LogP contribution is 2.14. The number of rotatable bonds is 20. The first-order chi connectivity index (χ1) is 14.1. The fourth-order valence-corrected chi connectivity index (χ4v) is 3.33. The van der Waals surface area contributed by atoms with Gasteiger partial charge in [0.05, 0.1) is 0 Å². The molecule has 0 spiro atoms. The maximum absolute atomic E-state index is 11.4. The number of carboxylic acids is 1. The van der Waals surface area contributed by atoms with Crippen LogP contribution >= 0.6 is 0 Å². The normalized spacial score (nSPS) is 11.1. The molecular formula is C24H42O5. The highest BCUT2D eigenvalue weighted by atomic mass is 16.6. The van der Waals surface area contributed by atoms with Crippen molar-refractivity contribution in [2.24, 2.45) is 0 Å². The molecule has 0 amide bonds. The summed E-state index contributed by atoms with van der Waals surface area (Å²) in [6.07, 6.45) is 23.3. The van der Waals surface area contributed by atoms with Crippen LogP contribution < -0.4 is 0 Å². The molecule has 0 aliphatic rings. The van der Waals surface area contributed by atoms with Crippen molar-refractivity contribution in [3.63, 3.8) is 0 Å². The van der Waals surface area contributed by atoms with Crippen molar-refractivity contribution >= 4 is 17.9 Å². The summed E-state index contributed by atoms with van der Waals surface area (Å²) in [5.41, 5.74) is 0. The molecule has 0 fully saturated rings. The van der Waals surface area contributed by atoms with E-state index in [4.69, 9.17) is 5.11 Å². The Kier molecular flexibility index (Phi) is 19.9. The first-order valence-corrected chi connectivity index (χ1v) is 11.7. The number of aliphatic carboxylic acids is 1. The zero-order valence-corrected chi connectivity index (χ0v) is 18.5. The van der Waals surface area contributed by atoms with Gasteiger partial charge in [-0.1, -0.05) is 110 Å². The van der Waals surface area contributed by atoms with E-state index in [0.29, 0.717) is 12.5 Å². The minimum atomic E-state index is -1.25. The van der Waals surface area contributed by atoms with Gasteiger partial charge >= 0.3 is 17.9 Å². The van der Waals surface area contributed by atoms with Gasteiger partial charge in [0.2, 0.25) is 0 Å². The third-order valence-corrected chi connectivity index (χ3v) is 5.06. The summed E-state index contributed by atoms with van der Waals surface area (Å²) in [6, 6.07) is 0. The summed E-state index contributed by atoms with van der Waals surface area (Å²) in [5.74, 6) is -2.77. The van der Waals surface area contributed by atoms with Gasteiger partial charge < -0.3 is 9.84 Å². The van der Waals surface area contributed by atoms with E-state index in [2.05, 4.69) is 11.7 Å². The Labute approximate surface area is 177 Å². The Bertz CT molecular complexity index is 456. The van der Waals surface area contributed by atoms with Crippen molar-refractivity contribution in [1.82, 2.24) is 0 Å². The lowest BCUT2D eigenvalue weighted by molar-refractivity contribution is -0.156. The van der Waals surface area contributed by atoms with Crippen LogP contribution in [0.5, 0.6) is 0 Å². The Morgan fingerprint density at radius 1 is 0.621 bits per heavy atom. The molecule has 0 heterocycles. The lowest BCUT2D eigenvalue weighted by atomic mass is 10.0. The van der Waals surface area contributed by atoms with Gasteiger partial charge in [-0.3, -0.25) is 4.79 Å². The van der Waals surface area contributed by atoms with Gasteiger partial charge in [-0.15, -0.1) is 0 Å². The Morgan fingerprint density at radius 2 is 1.00 bits per heavy atom. The molecular weight excluding hydrogens is 368 g/mol. The summed E-state index contributed by atoms with van der Waals surface area (Å²) < 4.78 is 4.50. The zero-order chi connectivity index (χ0) is 21.6. The van der Waals surface area contributed by atoms with Gasteiger partial charge in [0.25, 0.3) is 0 Å². The third kappa shape index (κ3) is 22.5. The lowest BCUT2D eigenvalue weighted by Gasteiger charge is -2.04. The van der Waals surface area contributed by atoms with E-state index in [-0.39, 0.29) is 6.42 Å². The summed E-state index contributed by atoms with van der Waals surface area (Å²) in [5, 5.41) is 8.38. The highest BCUT2D eigenvalue weighted by molar-refractivity contribution is 5.95. The molecule has 0 rings (SSSR count). The van der Waals surface area contributed by atoms with Crippen molar-refractivity contribution < 1.29 is 24.2 Å². The largest absolute Gasteiger partial charge is 0.478 e. The van der Waals surface area contributed by atoms with E-state index in [0.717, 1.165) is 18.9 Å². The van der Waals surface area contributed by atoms with Crippen LogP contribution in [-0.4, -0.2) is 23.0 Å². The quantitative estimate of drug-likeness (QED) is 0.104. The van der Waals surface area contributed by atoms with E-state index in [1.807, 2.05) is 0 Å². The fourth-order valence-electron chi connectivity index (χ4n) is 3.33. The maximum atomic E-state index is 11.4. The van der Waals surface area contributed by atoms with Gasteiger partial charge in [0.15, 0.2) is 0 Å². The molecule has 0 aliphatic heterocycles. The first-order valence-electron chi connectivity index (χ1n) is 11.7. The average molecular weight is 411 g/mol. The molecule has 5 nitrogen and oxygen atoms in total. The second-order valence-corrected chi connectivity index (χ2v) is 7.87. The molecule has 29 heavy (non-hydrogen) atoms. The van der Waals surface area contributed by atoms with Crippen LogP contribution in [0.15, 0.2) is 12.2 Å². The zero-order valence-electron chi connectivity index (χ0n) is 18.5. The first kappa shape index (κ1) is 27.4. The summed E-state index contributed by atoms with van der Waals surface area (Å²) in [4.78, 5) is 32.8. The molecule has 0 aliphatic carbocycles. The Balaban J connectivity index is 3.26. The van der Waals surface area contributed by atoms with Crippen LogP contribution in [0.4, 0.5) is 0 Å². The monoisotopic (exact) mass is 410 g/mol. The number of hydrogen-bond acceptors (Lipinski definition) is 4. The smallest absolute Gasteiger partial charge is 0.338 e. The van der Waals surface area contributed by atoms with Crippen molar-refractivity contribution in [1.29, 1.82) is 0 Å². The molecule has 0 aromatic carbocycles. The maximum Gasteiger partial charge on any atom is 0.338 e. The molecule has 0 atom stereocenters. The van der Waals surface area contributed by atoms with Crippen LogP contribution in [-0.2, 0) is 19.1 Å². The molecule has 0 unspecified atom stereocenters. The van der Waals surface area contributed by atoms with Crippen LogP contribution in [0.2, 0.25) is 0 Å². The molecule has 0 saturated carbocycles. The van der Waals surface area contributed by atoms with Gasteiger partial charge in [-0.05, 0) is 6.42 Å². The number of carbonyl (C=O) groups excluding carboxylic acids is 2. The van der Waals surface area contributed by atoms with Gasteiger partial charge in [-0.25, -0.2) is 9.59 Å². The molecule has 0 aromatic rings. The van der Waals surface area contributed by atoms with Crippen molar-refractivity contribution in [2.45, 2.75) is 122 Å². The van der Waals surface area contributed by atoms with E-state index in [9.17, 15) is 14.4 Å². The average Bonchev–Trinajstić information content (AvgIpc) is 2.68. The Hall–Kier alpha value is -1.65. The minimum Gasteiger partial charge on any atom is -0.478 e. The van der Waals surface area contributed by atoms with Crippen LogP contribution in [0.1, 0.15) is 122 Å². The van der Waals surface area contributed by atoms with E-state index < -0.39 is 17.9 Å². The number of ether oxygens (including phenoxy) is 1. The molecule has 0 radical (unpaired) electrons. The minimum absolute atomic E-state index is 0.200. The number of carbonyl (C=O) groups is 3. The van der Waals surface area contributed by atoms with Crippen molar-refractivity contribution in [3.8, 4) is 0 Å². The molecule has 0 aromatic heterocycles. The number of esters is 2. The molecule has 168 valence electrons. The van der Waals surface area contributed by atoms with Crippen molar-refractivity contribution in [2.75, 3.05) is 0 Å². The van der Waals surface area contributed by atoms with Gasteiger partial charge in [-0.2, -0.15) is 0 Å². The second kappa shape index (κ2) is 21.1. The standard InChI is InChI=1S/C24H42O5/c1-2-3-4-5-6-7-8-9-10-11-12-13-14-15-16-17-18-19-23(27)29-24(28)21-20-22(25)26/h20-21H,2-19H2,1H3,(H,25,26). The molecule has 1 N–H and O–H groups in total. The van der Waals surface area contributed by atoms with Crippen LogP contribution in [0.25, 0.3) is 0 Å². The van der Waals surface area contributed by atoms with Gasteiger partial charge in [0.1, 0.15) is 0 Å².